The summed E-state index contributed by atoms with van der Waals surface area (Å²) in [5, 5.41) is 1.29. The second-order valence-electron chi connectivity index (χ2n) is 4.55. The maximum absolute atomic E-state index is 11.9. The highest BCUT2D eigenvalue weighted by atomic mass is 35.5. The van der Waals surface area contributed by atoms with E-state index in [1.54, 1.807) is 48.6 Å². The molecule has 2 aromatic carbocycles. The van der Waals surface area contributed by atoms with Gasteiger partial charge in [-0.15, -0.1) is 0 Å². The average Bonchev–Trinajstić information content (AvgIpc) is 2.83. The largest absolute Gasteiger partial charge is 0.423 e. The first-order valence-electron chi connectivity index (χ1n) is 6.29. The molecule has 3 rings (SSSR count). The standard InChI is InChI=1S/C17H10Cl2O2/c18-13-5-1-11(2-6-13)9-15-10-16(17(20)21-15)12-3-7-14(19)8-4-12/h1-10H/b15-9-. The summed E-state index contributed by atoms with van der Waals surface area (Å²) in [5.41, 5.74) is 2.21. The van der Waals surface area contributed by atoms with Gasteiger partial charge in [-0.05, 0) is 47.5 Å². The molecule has 0 saturated carbocycles. The molecule has 0 atom stereocenters. The second kappa shape index (κ2) is 5.76. The van der Waals surface area contributed by atoms with Gasteiger partial charge in [-0.3, -0.25) is 0 Å². The van der Waals surface area contributed by atoms with Gasteiger partial charge in [0.15, 0.2) is 0 Å². The molecule has 2 aromatic rings. The van der Waals surface area contributed by atoms with Crippen molar-refractivity contribution in [3.63, 3.8) is 0 Å². The number of carbonyl (C=O) groups is 1. The zero-order valence-electron chi connectivity index (χ0n) is 10.8. The lowest BCUT2D eigenvalue weighted by atomic mass is 10.1. The number of cyclic esters (lactones) is 1. The summed E-state index contributed by atoms with van der Waals surface area (Å²) in [5.74, 6) is 0.143. The number of hydrogen-bond acceptors (Lipinski definition) is 2. The normalized spacial score (nSPS) is 16.0. The van der Waals surface area contributed by atoms with Gasteiger partial charge < -0.3 is 4.74 Å². The number of hydrogen-bond donors (Lipinski definition) is 0. The lowest BCUT2D eigenvalue weighted by molar-refractivity contribution is -0.131. The highest BCUT2D eigenvalue weighted by molar-refractivity contribution is 6.31. The minimum Gasteiger partial charge on any atom is -0.423 e. The maximum Gasteiger partial charge on any atom is 0.344 e. The van der Waals surface area contributed by atoms with Crippen molar-refractivity contribution in [3.05, 3.63) is 81.5 Å². The molecule has 1 heterocycles. The zero-order valence-corrected chi connectivity index (χ0v) is 12.4. The maximum atomic E-state index is 11.9. The molecule has 0 amide bonds. The number of ether oxygens (including phenoxy) is 1. The molecule has 0 fully saturated rings. The molecule has 1 aliphatic heterocycles. The van der Waals surface area contributed by atoms with Crippen LogP contribution in [0, 0.1) is 0 Å². The molecular formula is C17H10Cl2O2. The Morgan fingerprint density at radius 2 is 1.43 bits per heavy atom. The third kappa shape index (κ3) is 3.18. The fourth-order valence-electron chi connectivity index (χ4n) is 2.02. The van der Waals surface area contributed by atoms with E-state index < -0.39 is 0 Å². The Labute approximate surface area is 132 Å². The molecule has 21 heavy (non-hydrogen) atoms. The van der Waals surface area contributed by atoms with Crippen LogP contribution in [0.3, 0.4) is 0 Å². The summed E-state index contributed by atoms with van der Waals surface area (Å²) < 4.78 is 5.26. The van der Waals surface area contributed by atoms with Crippen molar-refractivity contribution < 1.29 is 9.53 Å². The van der Waals surface area contributed by atoms with E-state index in [4.69, 9.17) is 27.9 Å². The molecule has 2 nitrogen and oxygen atoms in total. The SMILES string of the molecule is O=C1O/C(=C\c2ccc(Cl)cc2)C=C1c1ccc(Cl)cc1. The minimum absolute atomic E-state index is 0.363. The second-order valence-corrected chi connectivity index (χ2v) is 5.43. The highest BCUT2D eigenvalue weighted by Gasteiger charge is 2.22. The van der Waals surface area contributed by atoms with Gasteiger partial charge in [-0.2, -0.15) is 0 Å². The van der Waals surface area contributed by atoms with E-state index in [1.165, 1.54) is 0 Å². The van der Waals surface area contributed by atoms with Crippen LogP contribution in [0.25, 0.3) is 11.6 Å². The van der Waals surface area contributed by atoms with E-state index in [9.17, 15) is 4.79 Å². The van der Waals surface area contributed by atoms with E-state index in [0.717, 1.165) is 11.1 Å². The van der Waals surface area contributed by atoms with Gasteiger partial charge in [-0.1, -0.05) is 47.5 Å². The summed E-state index contributed by atoms with van der Waals surface area (Å²) in [4.78, 5) is 11.9. The molecule has 0 radical (unpaired) electrons. The van der Waals surface area contributed by atoms with E-state index >= 15 is 0 Å². The van der Waals surface area contributed by atoms with Crippen molar-refractivity contribution in [2.45, 2.75) is 0 Å². The van der Waals surface area contributed by atoms with E-state index in [0.29, 0.717) is 21.4 Å². The smallest absolute Gasteiger partial charge is 0.344 e. The highest BCUT2D eigenvalue weighted by Crippen LogP contribution is 2.28. The van der Waals surface area contributed by atoms with Gasteiger partial charge in [0.05, 0.1) is 5.57 Å². The first-order valence-corrected chi connectivity index (χ1v) is 7.04. The number of allylic oxidation sites excluding steroid dienone is 1. The lowest BCUT2D eigenvalue weighted by Crippen LogP contribution is -1.97. The van der Waals surface area contributed by atoms with Crippen LogP contribution in [0.5, 0.6) is 0 Å². The van der Waals surface area contributed by atoms with Crippen molar-refractivity contribution in [3.8, 4) is 0 Å². The molecule has 0 saturated heterocycles. The van der Waals surface area contributed by atoms with Crippen molar-refractivity contribution in [2.24, 2.45) is 0 Å². The molecule has 0 unspecified atom stereocenters. The van der Waals surface area contributed by atoms with Gasteiger partial charge in [0.25, 0.3) is 0 Å². The predicted molar refractivity (Wildman–Crippen MR) is 85.0 cm³/mol. The van der Waals surface area contributed by atoms with Gasteiger partial charge in [0.2, 0.25) is 0 Å². The number of benzene rings is 2. The fourth-order valence-corrected chi connectivity index (χ4v) is 2.27. The van der Waals surface area contributed by atoms with E-state index in [2.05, 4.69) is 0 Å². The quantitative estimate of drug-likeness (QED) is 0.731. The van der Waals surface area contributed by atoms with Crippen LogP contribution in [0.2, 0.25) is 10.0 Å². The molecule has 104 valence electrons. The Hall–Kier alpha value is -2.03. The summed E-state index contributed by atoms with van der Waals surface area (Å²) in [6.07, 6.45) is 3.51. The van der Waals surface area contributed by atoms with Crippen molar-refractivity contribution in [2.75, 3.05) is 0 Å². The molecule has 0 N–H and O–H groups in total. The van der Waals surface area contributed by atoms with Crippen LogP contribution in [-0.2, 0) is 9.53 Å². The van der Waals surface area contributed by atoms with Gasteiger partial charge in [-0.25, -0.2) is 4.79 Å². The molecule has 0 bridgehead atoms. The fraction of sp³-hybridized carbons (Fsp3) is 0. The van der Waals surface area contributed by atoms with Crippen LogP contribution in [0.1, 0.15) is 11.1 Å². The van der Waals surface area contributed by atoms with E-state index in [-0.39, 0.29) is 5.97 Å². The Morgan fingerprint density at radius 3 is 2.05 bits per heavy atom. The third-order valence-corrected chi connectivity index (χ3v) is 3.56. The predicted octanol–water partition coefficient (Wildman–Crippen LogP) is 4.97. The van der Waals surface area contributed by atoms with Crippen LogP contribution in [-0.4, -0.2) is 5.97 Å². The van der Waals surface area contributed by atoms with Crippen molar-refractivity contribution in [1.82, 2.24) is 0 Å². The Kier molecular flexibility index (Phi) is 3.82. The number of carbonyl (C=O) groups excluding carboxylic acids is 1. The van der Waals surface area contributed by atoms with Gasteiger partial charge >= 0.3 is 5.97 Å². The van der Waals surface area contributed by atoms with Crippen molar-refractivity contribution >= 4 is 40.8 Å². The number of esters is 1. The lowest BCUT2D eigenvalue weighted by Gasteiger charge is -1.99. The Morgan fingerprint density at radius 1 is 0.857 bits per heavy atom. The summed E-state index contributed by atoms with van der Waals surface area (Å²) in [6, 6.07) is 14.4. The Bertz CT molecular complexity index is 741. The zero-order chi connectivity index (χ0) is 14.8. The summed E-state index contributed by atoms with van der Waals surface area (Å²) >= 11 is 11.7. The monoisotopic (exact) mass is 316 g/mol. The molecular weight excluding hydrogens is 307 g/mol. The number of rotatable bonds is 2. The van der Waals surface area contributed by atoms with Crippen LogP contribution in [0.15, 0.2) is 60.4 Å². The minimum atomic E-state index is -0.363. The number of halogens is 2. The van der Waals surface area contributed by atoms with Crippen LogP contribution in [0.4, 0.5) is 0 Å². The summed E-state index contributed by atoms with van der Waals surface area (Å²) in [7, 11) is 0. The topological polar surface area (TPSA) is 26.3 Å². The van der Waals surface area contributed by atoms with Crippen LogP contribution >= 0.6 is 23.2 Å². The van der Waals surface area contributed by atoms with Gasteiger partial charge in [0, 0.05) is 10.0 Å². The molecule has 0 aliphatic carbocycles. The van der Waals surface area contributed by atoms with Crippen molar-refractivity contribution in [1.29, 1.82) is 0 Å². The molecule has 1 aliphatic rings. The molecule has 0 spiro atoms. The Balaban J connectivity index is 1.91. The first kappa shape index (κ1) is 13.9. The first-order chi connectivity index (χ1) is 10.1. The summed E-state index contributed by atoms with van der Waals surface area (Å²) in [6.45, 7) is 0. The molecule has 4 heteroatoms. The van der Waals surface area contributed by atoms with Crippen LogP contribution < -0.4 is 0 Å². The van der Waals surface area contributed by atoms with E-state index in [1.807, 2.05) is 12.1 Å². The molecule has 0 aromatic heterocycles. The van der Waals surface area contributed by atoms with Gasteiger partial charge in [0.1, 0.15) is 5.76 Å². The average molecular weight is 317 g/mol. The third-order valence-electron chi connectivity index (χ3n) is 3.05.